The Morgan fingerprint density at radius 2 is 1.82 bits per heavy atom. The van der Waals surface area contributed by atoms with Crippen LogP contribution in [0.3, 0.4) is 0 Å². The van der Waals surface area contributed by atoms with Crippen LogP contribution in [0.5, 0.6) is 0 Å². The van der Waals surface area contributed by atoms with Crippen molar-refractivity contribution in [2.45, 2.75) is 20.3 Å². The van der Waals surface area contributed by atoms with Crippen molar-refractivity contribution >= 4 is 23.3 Å². The first-order valence-corrected chi connectivity index (χ1v) is 5.48. The predicted octanol–water partition coefficient (Wildman–Crippen LogP) is 1.79. The molecular formula is C13H13NO3. The minimum Gasteiger partial charge on any atom is -0.295 e. The molecule has 1 saturated heterocycles. The maximum atomic E-state index is 11.8. The van der Waals surface area contributed by atoms with Crippen LogP contribution in [0.2, 0.25) is 0 Å². The highest BCUT2D eigenvalue weighted by Gasteiger charge is 2.36. The van der Waals surface area contributed by atoms with Crippen LogP contribution in [0.15, 0.2) is 24.3 Å². The number of imide groups is 1. The van der Waals surface area contributed by atoms with E-state index in [1.807, 2.05) is 0 Å². The molecule has 1 aromatic carbocycles. The van der Waals surface area contributed by atoms with Crippen molar-refractivity contribution in [3.63, 3.8) is 0 Å². The Morgan fingerprint density at radius 1 is 1.24 bits per heavy atom. The molecule has 1 aliphatic rings. The molecule has 0 saturated carbocycles. The van der Waals surface area contributed by atoms with Gasteiger partial charge in [-0.15, -0.1) is 0 Å². The summed E-state index contributed by atoms with van der Waals surface area (Å²) in [5, 5.41) is 0. The SMILES string of the molecule is CC(=O)c1ccc(N2C(=O)CC(C)C2=O)cc1. The second-order valence-electron chi connectivity index (χ2n) is 4.28. The summed E-state index contributed by atoms with van der Waals surface area (Å²) < 4.78 is 0. The van der Waals surface area contributed by atoms with E-state index >= 15 is 0 Å². The van der Waals surface area contributed by atoms with E-state index in [2.05, 4.69) is 0 Å². The number of nitrogens with zero attached hydrogens (tertiary/aromatic N) is 1. The number of ketones is 1. The van der Waals surface area contributed by atoms with Gasteiger partial charge in [-0.05, 0) is 31.2 Å². The Kier molecular flexibility index (Phi) is 2.79. The van der Waals surface area contributed by atoms with Gasteiger partial charge in [0.05, 0.1) is 5.69 Å². The summed E-state index contributed by atoms with van der Waals surface area (Å²) in [4.78, 5) is 35.7. The van der Waals surface area contributed by atoms with Crippen molar-refractivity contribution in [1.82, 2.24) is 0 Å². The monoisotopic (exact) mass is 231 g/mol. The number of carbonyl (C=O) groups is 3. The van der Waals surface area contributed by atoms with Crippen LogP contribution in [0.25, 0.3) is 0 Å². The molecule has 0 aromatic heterocycles. The molecular weight excluding hydrogens is 218 g/mol. The zero-order valence-corrected chi connectivity index (χ0v) is 9.77. The fraction of sp³-hybridized carbons (Fsp3) is 0.308. The van der Waals surface area contributed by atoms with Gasteiger partial charge < -0.3 is 0 Å². The van der Waals surface area contributed by atoms with Crippen LogP contribution in [0.4, 0.5) is 5.69 Å². The van der Waals surface area contributed by atoms with Crippen LogP contribution in [-0.4, -0.2) is 17.6 Å². The molecule has 4 nitrogen and oxygen atoms in total. The summed E-state index contributed by atoms with van der Waals surface area (Å²) in [6.45, 7) is 3.22. The van der Waals surface area contributed by atoms with E-state index in [1.54, 1.807) is 31.2 Å². The van der Waals surface area contributed by atoms with E-state index in [0.29, 0.717) is 11.3 Å². The second kappa shape index (κ2) is 4.13. The predicted molar refractivity (Wildman–Crippen MR) is 62.7 cm³/mol. The summed E-state index contributed by atoms with van der Waals surface area (Å²) >= 11 is 0. The highest BCUT2D eigenvalue weighted by molar-refractivity contribution is 6.20. The third-order valence-electron chi connectivity index (χ3n) is 2.90. The Balaban J connectivity index is 2.32. The molecule has 4 heteroatoms. The van der Waals surface area contributed by atoms with Crippen LogP contribution < -0.4 is 4.90 Å². The summed E-state index contributed by atoms with van der Waals surface area (Å²) in [5.74, 6) is -0.650. The van der Waals surface area contributed by atoms with Crippen molar-refractivity contribution in [2.75, 3.05) is 4.90 Å². The minimum atomic E-state index is -0.255. The molecule has 1 heterocycles. The maximum Gasteiger partial charge on any atom is 0.237 e. The Labute approximate surface area is 99.2 Å². The summed E-state index contributed by atoms with van der Waals surface area (Å²) in [5.41, 5.74) is 1.11. The van der Waals surface area contributed by atoms with Gasteiger partial charge in [-0.2, -0.15) is 0 Å². The Morgan fingerprint density at radius 3 is 2.24 bits per heavy atom. The van der Waals surface area contributed by atoms with Crippen molar-refractivity contribution < 1.29 is 14.4 Å². The van der Waals surface area contributed by atoms with Gasteiger partial charge in [0.2, 0.25) is 11.8 Å². The van der Waals surface area contributed by atoms with Gasteiger partial charge in [0, 0.05) is 17.9 Å². The normalized spacial score (nSPS) is 19.9. The van der Waals surface area contributed by atoms with Gasteiger partial charge in [-0.3, -0.25) is 19.3 Å². The van der Waals surface area contributed by atoms with Crippen molar-refractivity contribution in [3.05, 3.63) is 29.8 Å². The molecule has 0 spiro atoms. The van der Waals surface area contributed by atoms with Gasteiger partial charge in [0.25, 0.3) is 0 Å². The molecule has 0 aliphatic carbocycles. The minimum absolute atomic E-state index is 0.0380. The number of carbonyl (C=O) groups excluding carboxylic acids is 3. The molecule has 1 fully saturated rings. The fourth-order valence-corrected chi connectivity index (χ4v) is 1.90. The average Bonchev–Trinajstić information content (AvgIpc) is 2.53. The molecule has 88 valence electrons. The first kappa shape index (κ1) is 11.5. The van der Waals surface area contributed by atoms with Crippen LogP contribution in [0.1, 0.15) is 30.6 Å². The van der Waals surface area contributed by atoms with Crippen LogP contribution in [-0.2, 0) is 9.59 Å². The van der Waals surface area contributed by atoms with Gasteiger partial charge in [-0.1, -0.05) is 6.92 Å². The number of anilines is 1. The number of benzene rings is 1. The summed E-state index contributed by atoms with van der Waals surface area (Å²) in [7, 11) is 0. The lowest BCUT2D eigenvalue weighted by Crippen LogP contribution is -2.29. The largest absolute Gasteiger partial charge is 0.295 e. The number of amides is 2. The summed E-state index contributed by atoms with van der Waals surface area (Å²) in [6, 6.07) is 6.51. The Hall–Kier alpha value is -1.97. The first-order valence-electron chi connectivity index (χ1n) is 5.48. The van der Waals surface area contributed by atoms with Gasteiger partial charge in [-0.25, -0.2) is 0 Å². The van der Waals surface area contributed by atoms with E-state index in [0.717, 1.165) is 0 Å². The lowest BCUT2D eigenvalue weighted by Gasteiger charge is -2.14. The number of rotatable bonds is 2. The molecule has 1 unspecified atom stereocenters. The molecule has 2 rings (SSSR count). The number of hydrogen-bond acceptors (Lipinski definition) is 3. The van der Waals surface area contributed by atoms with E-state index in [1.165, 1.54) is 11.8 Å². The third-order valence-corrected chi connectivity index (χ3v) is 2.90. The average molecular weight is 231 g/mol. The van der Waals surface area contributed by atoms with Gasteiger partial charge in [0.1, 0.15) is 0 Å². The lowest BCUT2D eigenvalue weighted by molar-refractivity contribution is -0.122. The molecule has 1 aliphatic heterocycles. The third kappa shape index (κ3) is 1.98. The topological polar surface area (TPSA) is 54.5 Å². The molecule has 17 heavy (non-hydrogen) atoms. The highest BCUT2D eigenvalue weighted by atomic mass is 16.2. The molecule has 1 atom stereocenters. The van der Waals surface area contributed by atoms with E-state index in [9.17, 15) is 14.4 Å². The van der Waals surface area contributed by atoms with E-state index < -0.39 is 0 Å². The number of Topliss-reactive ketones (excluding diaryl/α,β-unsaturated/α-hetero) is 1. The molecule has 0 N–H and O–H groups in total. The Bertz CT molecular complexity index is 490. The zero-order valence-electron chi connectivity index (χ0n) is 9.77. The van der Waals surface area contributed by atoms with Crippen molar-refractivity contribution in [2.24, 2.45) is 5.92 Å². The summed E-state index contributed by atoms with van der Waals surface area (Å²) in [6.07, 6.45) is 0.257. The molecule has 0 bridgehead atoms. The standard InChI is InChI=1S/C13H13NO3/c1-8-7-12(16)14(13(8)17)11-5-3-10(4-6-11)9(2)15/h3-6,8H,7H2,1-2H3. The van der Waals surface area contributed by atoms with Crippen LogP contribution in [0, 0.1) is 5.92 Å². The van der Waals surface area contributed by atoms with Crippen molar-refractivity contribution in [3.8, 4) is 0 Å². The fourth-order valence-electron chi connectivity index (χ4n) is 1.90. The first-order chi connectivity index (χ1) is 8.00. The zero-order chi connectivity index (χ0) is 12.6. The number of hydrogen-bond donors (Lipinski definition) is 0. The van der Waals surface area contributed by atoms with E-state index in [-0.39, 0.29) is 29.9 Å². The lowest BCUT2D eigenvalue weighted by atomic mass is 10.1. The smallest absolute Gasteiger partial charge is 0.237 e. The maximum absolute atomic E-state index is 11.8. The second-order valence-corrected chi connectivity index (χ2v) is 4.28. The molecule has 1 aromatic rings. The highest BCUT2D eigenvalue weighted by Crippen LogP contribution is 2.26. The van der Waals surface area contributed by atoms with Gasteiger partial charge in [0.15, 0.2) is 5.78 Å². The van der Waals surface area contributed by atoms with Crippen LogP contribution >= 0.6 is 0 Å². The molecule has 2 amide bonds. The van der Waals surface area contributed by atoms with Crippen molar-refractivity contribution in [1.29, 1.82) is 0 Å². The van der Waals surface area contributed by atoms with E-state index in [4.69, 9.17) is 0 Å². The quantitative estimate of drug-likeness (QED) is 0.576. The molecule has 0 radical (unpaired) electrons. The van der Waals surface area contributed by atoms with Gasteiger partial charge >= 0.3 is 0 Å².